The molecule has 0 atom stereocenters. The van der Waals surface area contributed by atoms with Gasteiger partial charge in [0.25, 0.3) is 0 Å². The average molecular weight is 776 g/mol. The first-order chi connectivity index (χ1) is 30.1. The van der Waals surface area contributed by atoms with Crippen molar-refractivity contribution < 1.29 is 0 Å². The van der Waals surface area contributed by atoms with Crippen LogP contribution in [0, 0.1) is 11.3 Å². The van der Waals surface area contributed by atoms with E-state index in [1.165, 1.54) is 27.1 Å². The molecular weight excluding hydrogens is 743 g/mol. The highest BCUT2D eigenvalue weighted by Gasteiger charge is 2.17. The molecule has 0 aliphatic rings. The minimum atomic E-state index is 0.649. The van der Waals surface area contributed by atoms with Gasteiger partial charge in [-0.05, 0) is 121 Å². The maximum Gasteiger partial charge on any atom is 0.164 e. The fourth-order valence-corrected chi connectivity index (χ4v) is 9.05. The van der Waals surface area contributed by atoms with Gasteiger partial charge in [0.05, 0.1) is 22.7 Å². The van der Waals surface area contributed by atoms with E-state index in [4.69, 9.17) is 15.0 Å². The lowest BCUT2D eigenvalue weighted by molar-refractivity contribution is 1.07. The molecule has 0 aliphatic carbocycles. The summed E-state index contributed by atoms with van der Waals surface area (Å²) < 4.78 is 2.28. The smallest absolute Gasteiger partial charge is 0.164 e. The van der Waals surface area contributed by atoms with Crippen LogP contribution < -0.4 is 0 Å². The van der Waals surface area contributed by atoms with Crippen molar-refractivity contribution in [1.29, 1.82) is 5.26 Å². The summed E-state index contributed by atoms with van der Waals surface area (Å²) in [6, 6.07) is 72.4. The number of para-hydroxylation sites is 1. The molecule has 0 spiro atoms. The summed E-state index contributed by atoms with van der Waals surface area (Å²) in [6.45, 7) is 0. The van der Waals surface area contributed by atoms with E-state index in [2.05, 4.69) is 132 Å². The minimum absolute atomic E-state index is 0.649. The predicted molar refractivity (Wildman–Crippen MR) is 250 cm³/mol. The van der Waals surface area contributed by atoms with Crippen molar-refractivity contribution >= 4 is 54.1 Å². The third-order valence-electron chi connectivity index (χ3n) is 12.0. The molecule has 0 unspecified atom stereocenters. The van der Waals surface area contributed by atoms with Crippen LogP contribution in [0.3, 0.4) is 0 Å². The highest BCUT2D eigenvalue weighted by molar-refractivity contribution is 6.24. The Balaban J connectivity index is 0.912. The fourth-order valence-electron chi connectivity index (χ4n) is 9.05. The largest absolute Gasteiger partial charge is 0.309 e. The highest BCUT2D eigenvalue weighted by Crippen LogP contribution is 2.41. The van der Waals surface area contributed by atoms with Crippen LogP contribution in [0.25, 0.3) is 116 Å². The van der Waals surface area contributed by atoms with E-state index >= 15 is 0 Å². The monoisotopic (exact) mass is 775 g/mol. The van der Waals surface area contributed by atoms with Crippen molar-refractivity contribution in [2.75, 3.05) is 0 Å². The molecule has 2 heterocycles. The summed E-state index contributed by atoms with van der Waals surface area (Å²) >= 11 is 0. The second kappa shape index (κ2) is 13.8. The van der Waals surface area contributed by atoms with E-state index in [1.54, 1.807) is 0 Å². The number of benzene rings is 10. The van der Waals surface area contributed by atoms with E-state index in [0.717, 1.165) is 71.6 Å². The average Bonchev–Trinajstić information content (AvgIpc) is 3.66. The number of nitriles is 1. The van der Waals surface area contributed by atoms with Crippen LogP contribution >= 0.6 is 0 Å². The van der Waals surface area contributed by atoms with Crippen molar-refractivity contribution in [2.45, 2.75) is 0 Å². The van der Waals surface area contributed by atoms with E-state index in [-0.39, 0.29) is 0 Å². The zero-order valence-electron chi connectivity index (χ0n) is 32.8. The summed E-state index contributed by atoms with van der Waals surface area (Å²) in [7, 11) is 0. The fraction of sp³-hybridized carbons (Fsp3) is 0. The van der Waals surface area contributed by atoms with Gasteiger partial charge in [0.15, 0.2) is 17.5 Å². The maximum absolute atomic E-state index is 9.75. The summed E-state index contributed by atoms with van der Waals surface area (Å²) in [6.07, 6.45) is 0. The van der Waals surface area contributed by atoms with Gasteiger partial charge in [-0.15, -0.1) is 0 Å². The zero-order valence-corrected chi connectivity index (χ0v) is 32.8. The van der Waals surface area contributed by atoms with Crippen LogP contribution in [0.4, 0.5) is 0 Å². The number of hydrogen-bond donors (Lipinski definition) is 0. The number of rotatable bonds is 6. The summed E-state index contributed by atoms with van der Waals surface area (Å²) in [5, 5.41) is 19.2. The van der Waals surface area contributed by atoms with Crippen LogP contribution in [-0.2, 0) is 0 Å². The first-order valence-corrected chi connectivity index (χ1v) is 20.4. The van der Waals surface area contributed by atoms with Gasteiger partial charge in [0.1, 0.15) is 0 Å². The maximum atomic E-state index is 9.75. The van der Waals surface area contributed by atoms with Gasteiger partial charge in [-0.2, -0.15) is 5.26 Å². The Kier molecular flexibility index (Phi) is 7.84. The van der Waals surface area contributed by atoms with E-state index in [9.17, 15) is 5.26 Å². The summed E-state index contributed by atoms with van der Waals surface area (Å²) in [5.74, 6) is 1.95. The number of hydrogen-bond acceptors (Lipinski definition) is 4. The van der Waals surface area contributed by atoms with Crippen molar-refractivity contribution in [2.24, 2.45) is 0 Å². The van der Waals surface area contributed by atoms with Gasteiger partial charge in [-0.1, -0.05) is 133 Å². The number of nitrogens with zero attached hydrogens (tertiary/aromatic N) is 5. The lowest BCUT2D eigenvalue weighted by Crippen LogP contribution is -2.00. The third-order valence-corrected chi connectivity index (χ3v) is 12.0. The lowest BCUT2D eigenvalue weighted by Gasteiger charge is -2.15. The zero-order chi connectivity index (χ0) is 40.4. The normalized spacial score (nSPS) is 11.6. The Hall–Kier alpha value is -8.46. The third kappa shape index (κ3) is 5.81. The van der Waals surface area contributed by atoms with Crippen molar-refractivity contribution in [3.05, 3.63) is 206 Å². The lowest BCUT2D eigenvalue weighted by atomic mass is 9.90. The first-order valence-electron chi connectivity index (χ1n) is 20.4. The Morgan fingerprint density at radius 3 is 1.30 bits per heavy atom. The van der Waals surface area contributed by atoms with E-state index < -0.39 is 0 Å². The molecule has 12 aromatic rings. The van der Waals surface area contributed by atoms with Crippen LogP contribution in [0.1, 0.15) is 5.56 Å². The molecule has 282 valence electrons. The molecule has 0 aliphatic heterocycles. The number of fused-ring (bicyclic) bond motifs is 3. The molecule has 0 N–H and O–H groups in total. The Labute approximate surface area is 351 Å². The van der Waals surface area contributed by atoms with Crippen molar-refractivity contribution in [3.8, 4) is 68.2 Å². The van der Waals surface area contributed by atoms with Crippen LogP contribution in [0.15, 0.2) is 200 Å². The molecule has 0 fully saturated rings. The van der Waals surface area contributed by atoms with Gasteiger partial charge in [0, 0.05) is 33.2 Å². The molecule has 0 saturated heterocycles. The molecular formula is C56H33N5. The van der Waals surface area contributed by atoms with Crippen molar-refractivity contribution in [3.63, 3.8) is 0 Å². The Bertz CT molecular complexity index is 3560. The van der Waals surface area contributed by atoms with Gasteiger partial charge in [0.2, 0.25) is 0 Å². The molecule has 5 heteroatoms. The van der Waals surface area contributed by atoms with Crippen LogP contribution in [0.5, 0.6) is 0 Å². The van der Waals surface area contributed by atoms with Gasteiger partial charge < -0.3 is 4.57 Å². The molecule has 0 radical (unpaired) electrons. The summed E-state index contributed by atoms with van der Waals surface area (Å²) in [4.78, 5) is 14.9. The topological polar surface area (TPSA) is 67.4 Å². The highest BCUT2D eigenvalue weighted by atomic mass is 15.0. The van der Waals surface area contributed by atoms with E-state index in [0.29, 0.717) is 23.0 Å². The SMILES string of the molecule is N#Cc1ccc2c(c1)c1cc(-c3ccc(-c4cc5ccc6cc(-c7nc(-c8ccccc8)nc(-c8ccccc8)n7)cc7ccc(c4)c5c67)cc3)ccc1n2-c1ccccc1. The molecule has 10 aromatic carbocycles. The quantitative estimate of drug-likeness (QED) is 0.158. The molecule has 2 aromatic heterocycles. The van der Waals surface area contributed by atoms with Gasteiger partial charge >= 0.3 is 0 Å². The number of aromatic nitrogens is 4. The first kappa shape index (κ1) is 34.6. The Morgan fingerprint density at radius 2 is 0.770 bits per heavy atom. The summed E-state index contributed by atoms with van der Waals surface area (Å²) in [5.41, 5.74) is 11.4. The van der Waals surface area contributed by atoms with Crippen molar-refractivity contribution in [1.82, 2.24) is 19.5 Å². The van der Waals surface area contributed by atoms with Gasteiger partial charge in [-0.3, -0.25) is 0 Å². The molecule has 0 saturated carbocycles. The van der Waals surface area contributed by atoms with Gasteiger partial charge in [-0.25, -0.2) is 15.0 Å². The second-order valence-electron chi connectivity index (χ2n) is 15.6. The van der Waals surface area contributed by atoms with Crippen LogP contribution in [-0.4, -0.2) is 19.5 Å². The standard InChI is InChI=1S/C56H33N5/c57-34-35-16-26-50-48(28-35)49-33-40(25-27-51(49)61(50)47-14-8-3-9-15-47)36-17-19-37(20-18-36)45-29-41-21-23-43-31-46(32-44-24-22-42(30-45)52(41)53(43)44)56-59-54(38-10-4-1-5-11-38)58-55(60-56)39-12-6-2-7-13-39/h1-33H. The molecule has 0 amide bonds. The molecule has 0 bridgehead atoms. The second-order valence-corrected chi connectivity index (χ2v) is 15.6. The molecule has 12 rings (SSSR count). The predicted octanol–water partition coefficient (Wildman–Crippen LogP) is 14.1. The Morgan fingerprint density at radius 1 is 0.344 bits per heavy atom. The molecule has 5 nitrogen and oxygen atoms in total. The van der Waals surface area contributed by atoms with E-state index in [1.807, 2.05) is 78.9 Å². The van der Waals surface area contributed by atoms with Crippen LogP contribution in [0.2, 0.25) is 0 Å². The molecule has 61 heavy (non-hydrogen) atoms. The minimum Gasteiger partial charge on any atom is -0.309 e.